The first-order valence-electron chi connectivity index (χ1n) is 8.07. The van der Waals surface area contributed by atoms with E-state index < -0.39 is 0 Å². The van der Waals surface area contributed by atoms with E-state index in [1.54, 1.807) is 12.0 Å². The molecule has 0 saturated carbocycles. The highest BCUT2D eigenvalue weighted by Crippen LogP contribution is 2.44. The average Bonchev–Trinajstić information content (AvgIpc) is 3.14. The molecular weight excluding hydrogens is 268 g/mol. The van der Waals surface area contributed by atoms with Gasteiger partial charge < -0.3 is 14.4 Å². The summed E-state index contributed by atoms with van der Waals surface area (Å²) in [4.78, 5) is 16.3. The molecule has 3 rings (SSSR count). The number of carbonyl (C=O) groups is 1. The van der Waals surface area contributed by atoms with Crippen LogP contribution in [0, 0.1) is 0 Å². The lowest BCUT2D eigenvalue weighted by Crippen LogP contribution is -2.46. The second kappa shape index (κ2) is 5.97. The standard InChI is InChI=1S/C16H26N2O3/c1-13(21-15(19)17-9-3-4-10-17)14-6-8-16(12-20-2)7-5-11-18(14)16/h14H,1,3-12H2,2H3/t14-,16-/m1/s1. The number of fused-ring (bicyclic) bond motifs is 1. The Hall–Kier alpha value is -1.07. The van der Waals surface area contributed by atoms with Gasteiger partial charge in [0.15, 0.2) is 0 Å². The monoisotopic (exact) mass is 294 g/mol. The molecule has 0 aromatic heterocycles. The molecule has 2 atom stereocenters. The maximum Gasteiger partial charge on any atom is 0.414 e. The molecule has 3 fully saturated rings. The van der Waals surface area contributed by atoms with Gasteiger partial charge in [-0.3, -0.25) is 4.90 Å². The predicted octanol–water partition coefficient (Wildman–Crippen LogP) is 2.38. The maximum atomic E-state index is 12.1. The number of amides is 1. The number of carbonyl (C=O) groups excluding carboxylic acids is 1. The van der Waals surface area contributed by atoms with Crippen molar-refractivity contribution in [2.45, 2.75) is 50.1 Å². The van der Waals surface area contributed by atoms with Crippen LogP contribution in [0.2, 0.25) is 0 Å². The van der Waals surface area contributed by atoms with E-state index in [1.807, 2.05) is 0 Å². The Morgan fingerprint density at radius 3 is 2.71 bits per heavy atom. The first-order valence-corrected chi connectivity index (χ1v) is 8.07. The zero-order chi connectivity index (χ0) is 14.9. The average molecular weight is 294 g/mol. The van der Waals surface area contributed by atoms with Gasteiger partial charge in [-0.15, -0.1) is 0 Å². The number of rotatable bonds is 4. The molecule has 0 radical (unpaired) electrons. The van der Waals surface area contributed by atoms with Gasteiger partial charge in [-0.1, -0.05) is 6.58 Å². The molecule has 5 nitrogen and oxygen atoms in total. The van der Waals surface area contributed by atoms with Crippen LogP contribution < -0.4 is 0 Å². The number of likely N-dealkylation sites (tertiary alicyclic amines) is 1. The molecule has 5 heteroatoms. The molecule has 0 bridgehead atoms. The lowest BCUT2D eigenvalue weighted by Gasteiger charge is -2.34. The lowest BCUT2D eigenvalue weighted by molar-refractivity contribution is 0.0450. The molecule has 3 aliphatic rings. The van der Waals surface area contributed by atoms with E-state index in [1.165, 1.54) is 12.8 Å². The minimum atomic E-state index is -0.221. The summed E-state index contributed by atoms with van der Waals surface area (Å²) in [7, 11) is 1.76. The van der Waals surface area contributed by atoms with Crippen molar-refractivity contribution in [3.63, 3.8) is 0 Å². The summed E-state index contributed by atoms with van der Waals surface area (Å²) in [5.74, 6) is 0.617. The summed E-state index contributed by atoms with van der Waals surface area (Å²) in [6.07, 6.45) is 6.40. The van der Waals surface area contributed by atoms with Crippen molar-refractivity contribution >= 4 is 6.09 Å². The zero-order valence-electron chi connectivity index (χ0n) is 13.0. The molecule has 0 N–H and O–H groups in total. The second-order valence-corrected chi connectivity index (χ2v) is 6.54. The third-order valence-electron chi connectivity index (χ3n) is 5.28. The Kier molecular flexibility index (Phi) is 4.22. The first kappa shape index (κ1) is 14.9. The van der Waals surface area contributed by atoms with Crippen molar-refractivity contribution < 1.29 is 14.3 Å². The van der Waals surface area contributed by atoms with E-state index >= 15 is 0 Å². The van der Waals surface area contributed by atoms with Crippen LogP contribution in [-0.2, 0) is 9.47 Å². The topological polar surface area (TPSA) is 42.0 Å². The Labute approximate surface area is 126 Å². The molecule has 3 heterocycles. The van der Waals surface area contributed by atoms with Gasteiger partial charge in [-0.2, -0.15) is 0 Å². The van der Waals surface area contributed by atoms with Gasteiger partial charge in [-0.25, -0.2) is 4.79 Å². The van der Waals surface area contributed by atoms with Crippen LogP contribution in [0.25, 0.3) is 0 Å². The molecule has 0 spiro atoms. The fourth-order valence-corrected chi connectivity index (χ4v) is 4.25. The Morgan fingerprint density at radius 2 is 2.00 bits per heavy atom. The van der Waals surface area contributed by atoms with Gasteiger partial charge in [0.25, 0.3) is 0 Å². The molecule has 118 valence electrons. The lowest BCUT2D eigenvalue weighted by atomic mass is 9.95. The minimum Gasteiger partial charge on any atom is -0.414 e. The van der Waals surface area contributed by atoms with E-state index in [-0.39, 0.29) is 17.7 Å². The Balaban J connectivity index is 1.61. The van der Waals surface area contributed by atoms with Crippen molar-refractivity contribution in [3.8, 4) is 0 Å². The van der Waals surface area contributed by atoms with Gasteiger partial charge in [0.1, 0.15) is 5.76 Å². The highest BCUT2D eigenvalue weighted by Gasteiger charge is 2.50. The largest absolute Gasteiger partial charge is 0.414 e. The van der Waals surface area contributed by atoms with E-state index in [4.69, 9.17) is 9.47 Å². The number of methoxy groups -OCH3 is 1. The number of ether oxygens (including phenoxy) is 2. The van der Waals surface area contributed by atoms with E-state index in [9.17, 15) is 4.79 Å². The number of hydrogen-bond acceptors (Lipinski definition) is 4. The third kappa shape index (κ3) is 2.69. The molecule has 3 saturated heterocycles. The fourth-order valence-electron chi connectivity index (χ4n) is 4.25. The summed E-state index contributed by atoms with van der Waals surface area (Å²) >= 11 is 0. The highest BCUT2D eigenvalue weighted by atomic mass is 16.6. The van der Waals surface area contributed by atoms with Crippen molar-refractivity contribution in [1.29, 1.82) is 0 Å². The van der Waals surface area contributed by atoms with Gasteiger partial charge >= 0.3 is 6.09 Å². The molecular formula is C16H26N2O3. The smallest absolute Gasteiger partial charge is 0.414 e. The second-order valence-electron chi connectivity index (χ2n) is 6.54. The van der Waals surface area contributed by atoms with Crippen molar-refractivity contribution in [1.82, 2.24) is 9.80 Å². The molecule has 3 aliphatic heterocycles. The normalized spacial score (nSPS) is 32.4. The number of hydrogen-bond donors (Lipinski definition) is 0. The van der Waals surface area contributed by atoms with Gasteiger partial charge in [0.2, 0.25) is 0 Å². The minimum absolute atomic E-state index is 0.141. The molecule has 21 heavy (non-hydrogen) atoms. The van der Waals surface area contributed by atoms with Crippen molar-refractivity contribution in [3.05, 3.63) is 12.3 Å². The molecule has 0 unspecified atom stereocenters. The molecule has 0 aliphatic carbocycles. The van der Waals surface area contributed by atoms with Crippen LogP contribution in [-0.4, -0.2) is 60.8 Å². The van der Waals surface area contributed by atoms with E-state index in [0.717, 1.165) is 51.9 Å². The quantitative estimate of drug-likeness (QED) is 0.747. The van der Waals surface area contributed by atoms with Crippen LogP contribution in [0.15, 0.2) is 12.3 Å². The molecule has 0 aromatic carbocycles. The van der Waals surface area contributed by atoms with Crippen LogP contribution in [0.5, 0.6) is 0 Å². The zero-order valence-corrected chi connectivity index (χ0v) is 13.0. The van der Waals surface area contributed by atoms with Crippen LogP contribution >= 0.6 is 0 Å². The SMILES string of the molecule is C=C(OC(=O)N1CCCC1)[C@H]1CC[C@@]2(COC)CCCN12. The highest BCUT2D eigenvalue weighted by molar-refractivity contribution is 5.69. The van der Waals surface area contributed by atoms with Gasteiger partial charge in [0.05, 0.1) is 12.6 Å². The van der Waals surface area contributed by atoms with Crippen molar-refractivity contribution in [2.75, 3.05) is 33.4 Å². The Morgan fingerprint density at radius 1 is 1.24 bits per heavy atom. The van der Waals surface area contributed by atoms with Crippen LogP contribution in [0.3, 0.4) is 0 Å². The summed E-state index contributed by atoms with van der Waals surface area (Å²) in [6, 6.07) is 0.161. The summed E-state index contributed by atoms with van der Waals surface area (Å²) in [5, 5.41) is 0. The summed E-state index contributed by atoms with van der Waals surface area (Å²) < 4.78 is 11.0. The predicted molar refractivity (Wildman–Crippen MR) is 80.0 cm³/mol. The molecule has 0 aromatic rings. The summed E-state index contributed by atoms with van der Waals surface area (Å²) in [6.45, 7) is 7.49. The number of nitrogens with zero attached hydrogens (tertiary/aromatic N) is 2. The van der Waals surface area contributed by atoms with Gasteiger partial charge in [0, 0.05) is 25.7 Å². The van der Waals surface area contributed by atoms with Crippen LogP contribution in [0.4, 0.5) is 4.79 Å². The van der Waals surface area contributed by atoms with E-state index in [0.29, 0.717) is 5.76 Å². The maximum absolute atomic E-state index is 12.1. The Bertz CT molecular complexity index is 420. The van der Waals surface area contributed by atoms with Crippen molar-refractivity contribution in [2.24, 2.45) is 0 Å². The molecule has 1 amide bonds. The van der Waals surface area contributed by atoms with Gasteiger partial charge in [-0.05, 0) is 45.1 Å². The van der Waals surface area contributed by atoms with Crippen LogP contribution in [0.1, 0.15) is 38.5 Å². The summed E-state index contributed by atoms with van der Waals surface area (Å²) in [5.41, 5.74) is 0.141. The third-order valence-corrected chi connectivity index (χ3v) is 5.28. The fraction of sp³-hybridized carbons (Fsp3) is 0.812. The first-order chi connectivity index (χ1) is 10.2. The van der Waals surface area contributed by atoms with E-state index in [2.05, 4.69) is 11.5 Å².